The summed E-state index contributed by atoms with van der Waals surface area (Å²) in [6, 6.07) is 2.01. The number of hydrogen-bond donors (Lipinski definition) is 1. The third-order valence-corrected chi connectivity index (χ3v) is 4.72. The number of fused-ring (bicyclic) bond motifs is 1. The van der Waals surface area contributed by atoms with Crippen LogP contribution in [0.2, 0.25) is 0 Å². The Balaban J connectivity index is 2.42. The van der Waals surface area contributed by atoms with Gasteiger partial charge in [0, 0.05) is 19.3 Å². The topological polar surface area (TPSA) is 123 Å². The highest BCUT2D eigenvalue weighted by Gasteiger charge is 2.23. The Morgan fingerprint density at radius 2 is 1.86 bits per heavy atom. The molecule has 2 N–H and O–H groups in total. The molecule has 0 aromatic carbocycles. The molecule has 1 amide bonds. The fraction of sp³-hybridized carbons (Fsp3) is 0.500. The summed E-state index contributed by atoms with van der Waals surface area (Å²) >= 11 is 0. The fourth-order valence-corrected chi connectivity index (χ4v) is 3.33. The Kier molecular flexibility index (Phi) is 5.21. The van der Waals surface area contributed by atoms with Crippen molar-refractivity contribution in [1.82, 2.24) is 28.5 Å². The number of primary amides is 1. The van der Waals surface area contributed by atoms with Crippen molar-refractivity contribution in [3.05, 3.63) is 38.3 Å². The van der Waals surface area contributed by atoms with Crippen LogP contribution in [-0.2, 0) is 37.8 Å². The average Bonchev–Trinajstić information content (AvgIpc) is 3.25. The smallest absolute Gasteiger partial charge is 0.332 e. The van der Waals surface area contributed by atoms with E-state index >= 15 is 0 Å². The van der Waals surface area contributed by atoms with Crippen molar-refractivity contribution in [2.45, 2.75) is 53.1 Å². The van der Waals surface area contributed by atoms with Crippen molar-refractivity contribution >= 4 is 17.1 Å². The van der Waals surface area contributed by atoms with E-state index in [1.165, 1.54) is 11.6 Å². The number of carbonyl (C=O) groups is 1. The first-order valence-corrected chi connectivity index (χ1v) is 9.40. The van der Waals surface area contributed by atoms with Gasteiger partial charge in [0.2, 0.25) is 11.9 Å². The first kappa shape index (κ1) is 19.6. The zero-order valence-corrected chi connectivity index (χ0v) is 16.6. The van der Waals surface area contributed by atoms with Crippen LogP contribution >= 0.6 is 0 Å². The Hall–Kier alpha value is -3.17. The van der Waals surface area contributed by atoms with Gasteiger partial charge in [-0.25, -0.2) is 14.0 Å². The number of rotatable bonds is 7. The first-order chi connectivity index (χ1) is 13.3. The molecule has 3 heterocycles. The number of aryl methyl sites for hydroxylation is 4. The van der Waals surface area contributed by atoms with Crippen LogP contribution in [0.4, 0.5) is 0 Å². The van der Waals surface area contributed by atoms with E-state index < -0.39 is 23.7 Å². The minimum Gasteiger partial charge on any atom is -0.368 e. The first-order valence-electron chi connectivity index (χ1n) is 9.40. The van der Waals surface area contributed by atoms with Crippen LogP contribution in [0.25, 0.3) is 17.1 Å². The highest BCUT2D eigenvalue weighted by molar-refractivity contribution is 5.75. The van der Waals surface area contributed by atoms with E-state index in [1.54, 1.807) is 9.25 Å². The van der Waals surface area contributed by atoms with Crippen LogP contribution < -0.4 is 17.0 Å². The molecule has 3 rings (SSSR count). The molecule has 3 aromatic rings. The van der Waals surface area contributed by atoms with E-state index in [0.29, 0.717) is 12.5 Å². The molecule has 10 nitrogen and oxygen atoms in total. The summed E-state index contributed by atoms with van der Waals surface area (Å²) in [5, 5.41) is 4.62. The molecule has 0 aliphatic heterocycles. The molecular weight excluding hydrogens is 362 g/mol. The van der Waals surface area contributed by atoms with Gasteiger partial charge in [-0.2, -0.15) is 10.1 Å². The molecule has 0 aliphatic rings. The van der Waals surface area contributed by atoms with Crippen LogP contribution in [0, 0.1) is 0 Å². The van der Waals surface area contributed by atoms with Gasteiger partial charge in [0.15, 0.2) is 11.2 Å². The van der Waals surface area contributed by atoms with Crippen molar-refractivity contribution in [2.75, 3.05) is 0 Å². The van der Waals surface area contributed by atoms with E-state index in [0.717, 1.165) is 35.2 Å². The predicted octanol–water partition coefficient (Wildman–Crippen LogP) is 0.103. The summed E-state index contributed by atoms with van der Waals surface area (Å²) in [6.45, 7) is 6.07. The summed E-state index contributed by atoms with van der Waals surface area (Å²) in [6.07, 6.45) is 2.27. The lowest BCUT2D eigenvalue weighted by Crippen LogP contribution is -2.42. The van der Waals surface area contributed by atoms with Gasteiger partial charge in [0.05, 0.1) is 5.69 Å². The molecule has 0 spiro atoms. The number of amides is 1. The van der Waals surface area contributed by atoms with Gasteiger partial charge in [-0.1, -0.05) is 20.8 Å². The maximum Gasteiger partial charge on any atom is 0.332 e. The Morgan fingerprint density at radius 1 is 1.14 bits per heavy atom. The lowest BCUT2D eigenvalue weighted by atomic mass is 10.3. The van der Waals surface area contributed by atoms with E-state index in [-0.39, 0.29) is 11.2 Å². The molecule has 10 heteroatoms. The highest BCUT2D eigenvalue weighted by Crippen LogP contribution is 2.18. The number of carbonyl (C=O) groups excluding carboxylic acids is 1. The monoisotopic (exact) mass is 387 g/mol. The largest absolute Gasteiger partial charge is 0.368 e. The maximum absolute atomic E-state index is 13.0. The highest BCUT2D eigenvalue weighted by atomic mass is 16.2. The summed E-state index contributed by atoms with van der Waals surface area (Å²) in [5.41, 5.74) is 6.42. The number of hydrogen-bond acceptors (Lipinski definition) is 5. The SMILES string of the molecule is CCCn1c(-n2nc(CC)cc2CC)nc2c1c(=O)n(CC(N)=O)c(=O)n2C. The fourth-order valence-electron chi connectivity index (χ4n) is 3.33. The van der Waals surface area contributed by atoms with Crippen molar-refractivity contribution < 1.29 is 4.79 Å². The molecule has 150 valence electrons. The summed E-state index contributed by atoms with van der Waals surface area (Å²) in [5.74, 6) is -0.273. The molecule has 0 saturated heterocycles. The number of nitrogens with zero attached hydrogens (tertiary/aromatic N) is 6. The molecule has 3 aromatic heterocycles. The maximum atomic E-state index is 13.0. The van der Waals surface area contributed by atoms with Crippen LogP contribution in [-0.4, -0.2) is 34.4 Å². The van der Waals surface area contributed by atoms with Gasteiger partial charge in [0.1, 0.15) is 6.54 Å². The number of nitrogens with two attached hydrogens (primary N) is 1. The number of imidazole rings is 1. The van der Waals surface area contributed by atoms with Crippen molar-refractivity contribution in [3.63, 3.8) is 0 Å². The third kappa shape index (κ3) is 3.04. The Bertz CT molecular complexity index is 1160. The Labute approximate surface area is 161 Å². The van der Waals surface area contributed by atoms with Crippen molar-refractivity contribution in [3.8, 4) is 5.95 Å². The molecule has 0 radical (unpaired) electrons. The third-order valence-electron chi connectivity index (χ3n) is 4.72. The molecule has 0 saturated carbocycles. The lowest BCUT2D eigenvalue weighted by molar-refractivity contribution is -0.118. The van der Waals surface area contributed by atoms with E-state index in [9.17, 15) is 14.4 Å². The van der Waals surface area contributed by atoms with Crippen LogP contribution in [0.3, 0.4) is 0 Å². The molecule has 28 heavy (non-hydrogen) atoms. The normalized spacial score (nSPS) is 11.4. The van der Waals surface area contributed by atoms with Gasteiger partial charge >= 0.3 is 5.69 Å². The molecule has 0 fully saturated rings. The molecule has 0 aliphatic carbocycles. The van der Waals surface area contributed by atoms with E-state index in [4.69, 9.17) is 5.73 Å². The summed E-state index contributed by atoms with van der Waals surface area (Å²) < 4.78 is 5.62. The molecule has 0 bridgehead atoms. The second-order valence-corrected chi connectivity index (χ2v) is 6.68. The number of aromatic nitrogens is 6. The second-order valence-electron chi connectivity index (χ2n) is 6.68. The summed E-state index contributed by atoms with van der Waals surface area (Å²) in [7, 11) is 1.52. The minimum absolute atomic E-state index is 0.259. The summed E-state index contributed by atoms with van der Waals surface area (Å²) in [4.78, 5) is 41.6. The van der Waals surface area contributed by atoms with E-state index in [1.807, 2.05) is 26.8 Å². The minimum atomic E-state index is -0.756. The van der Waals surface area contributed by atoms with Crippen LogP contribution in [0.1, 0.15) is 38.6 Å². The Morgan fingerprint density at radius 3 is 2.43 bits per heavy atom. The molecule has 0 unspecified atom stereocenters. The molecule has 0 atom stereocenters. The quantitative estimate of drug-likeness (QED) is 0.616. The van der Waals surface area contributed by atoms with Gasteiger partial charge in [-0.05, 0) is 25.3 Å². The van der Waals surface area contributed by atoms with Gasteiger partial charge in [-0.15, -0.1) is 0 Å². The zero-order chi connectivity index (χ0) is 20.6. The predicted molar refractivity (Wildman–Crippen MR) is 105 cm³/mol. The van der Waals surface area contributed by atoms with Gasteiger partial charge in [0.25, 0.3) is 5.56 Å². The lowest BCUT2D eigenvalue weighted by Gasteiger charge is -2.10. The average molecular weight is 387 g/mol. The van der Waals surface area contributed by atoms with Crippen LogP contribution in [0.15, 0.2) is 15.7 Å². The van der Waals surface area contributed by atoms with Crippen molar-refractivity contribution in [2.24, 2.45) is 12.8 Å². The second kappa shape index (κ2) is 7.45. The van der Waals surface area contributed by atoms with Gasteiger partial charge in [-0.3, -0.25) is 14.2 Å². The van der Waals surface area contributed by atoms with E-state index in [2.05, 4.69) is 10.1 Å². The van der Waals surface area contributed by atoms with Gasteiger partial charge < -0.3 is 10.3 Å². The van der Waals surface area contributed by atoms with Crippen LogP contribution in [0.5, 0.6) is 0 Å². The zero-order valence-electron chi connectivity index (χ0n) is 16.6. The standard InChI is InChI=1S/C18H25N7O3/c1-5-8-23-14-15(22(4)18(28)24(16(14)27)10-13(19)26)20-17(23)25-12(7-3)9-11(6-2)21-25/h9H,5-8,10H2,1-4H3,(H2,19,26). The van der Waals surface area contributed by atoms with Crippen molar-refractivity contribution in [1.29, 1.82) is 0 Å². The molecular formula is C18H25N7O3.